The number of hydrogen-bond acceptors (Lipinski definition) is 4. The average molecular weight is 276 g/mol. The fourth-order valence-electron chi connectivity index (χ4n) is 2.36. The van der Waals surface area contributed by atoms with Gasteiger partial charge in [-0.3, -0.25) is 9.58 Å². The second kappa shape index (κ2) is 5.06. The van der Waals surface area contributed by atoms with Crippen molar-refractivity contribution in [3.63, 3.8) is 0 Å². The van der Waals surface area contributed by atoms with Crippen LogP contribution in [0.25, 0.3) is 0 Å². The van der Waals surface area contributed by atoms with Crippen molar-refractivity contribution in [2.75, 3.05) is 13.1 Å². The van der Waals surface area contributed by atoms with E-state index in [1.807, 2.05) is 6.20 Å². The Hall–Kier alpha value is -1.20. The smallest absolute Gasteiger partial charge is 0.0954 e. The lowest BCUT2D eigenvalue weighted by Crippen LogP contribution is -2.47. The largest absolute Gasteiger partial charge is 0.293 e. The molecule has 0 unspecified atom stereocenters. The van der Waals surface area contributed by atoms with Crippen LogP contribution in [0.4, 0.5) is 0 Å². The Morgan fingerprint density at radius 3 is 2.79 bits per heavy atom. The number of nitrogens with zero attached hydrogens (tertiary/aromatic N) is 4. The van der Waals surface area contributed by atoms with E-state index >= 15 is 0 Å². The zero-order chi connectivity index (χ0) is 13.4. The van der Waals surface area contributed by atoms with Crippen LogP contribution in [0.2, 0.25) is 0 Å². The lowest BCUT2D eigenvalue weighted by Gasteiger charge is -2.38. The Balaban J connectivity index is 1.53. The van der Waals surface area contributed by atoms with Crippen LogP contribution in [0.5, 0.6) is 0 Å². The van der Waals surface area contributed by atoms with Crippen LogP contribution in [-0.4, -0.2) is 32.8 Å². The summed E-state index contributed by atoms with van der Waals surface area (Å²) >= 11 is 1.78. The van der Waals surface area contributed by atoms with E-state index in [1.165, 1.54) is 16.3 Å². The number of thiazole rings is 1. The Kier molecular flexibility index (Phi) is 3.41. The Morgan fingerprint density at radius 1 is 1.42 bits per heavy atom. The molecule has 4 nitrogen and oxygen atoms in total. The second-order valence-corrected chi connectivity index (χ2v) is 6.57. The molecule has 1 aliphatic heterocycles. The quantitative estimate of drug-likeness (QED) is 0.861. The summed E-state index contributed by atoms with van der Waals surface area (Å²) in [5.41, 5.74) is 2.45. The minimum atomic E-state index is 0.537. The third-order valence-electron chi connectivity index (χ3n) is 3.49. The summed E-state index contributed by atoms with van der Waals surface area (Å²) in [6.45, 7) is 9.61. The highest BCUT2D eigenvalue weighted by molar-refractivity contribution is 7.09. The van der Waals surface area contributed by atoms with Crippen molar-refractivity contribution in [2.24, 2.45) is 0 Å². The minimum Gasteiger partial charge on any atom is -0.293 e. The van der Waals surface area contributed by atoms with Crippen molar-refractivity contribution in [3.05, 3.63) is 34.0 Å². The van der Waals surface area contributed by atoms with E-state index in [9.17, 15) is 0 Å². The number of aryl methyl sites for hydroxylation is 1. The van der Waals surface area contributed by atoms with Gasteiger partial charge in [0, 0.05) is 37.1 Å². The molecule has 0 aromatic carbocycles. The van der Waals surface area contributed by atoms with Gasteiger partial charge in [0.1, 0.15) is 0 Å². The summed E-state index contributed by atoms with van der Waals surface area (Å²) in [6.07, 6.45) is 4.06. The van der Waals surface area contributed by atoms with Gasteiger partial charge in [0.05, 0.1) is 22.9 Å². The van der Waals surface area contributed by atoms with Crippen LogP contribution in [0.15, 0.2) is 17.8 Å². The third kappa shape index (κ3) is 2.72. The van der Waals surface area contributed by atoms with Crippen LogP contribution in [0, 0.1) is 6.92 Å². The van der Waals surface area contributed by atoms with Crippen LogP contribution in [-0.2, 0) is 6.54 Å². The number of aromatic nitrogens is 3. The minimum absolute atomic E-state index is 0.537. The maximum Gasteiger partial charge on any atom is 0.0954 e. The first-order valence-corrected chi connectivity index (χ1v) is 7.67. The van der Waals surface area contributed by atoms with Gasteiger partial charge in [0.15, 0.2) is 0 Å². The summed E-state index contributed by atoms with van der Waals surface area (Å²) in [5.74, 6) is 0.537. The Morgan fingerprint density at radius 2 is 2.21 bits per heavy atom. The monoisotopic (exact) mass is 276 g/mol. The lowest BCUT2D eigenvalue weighted by atomic mass is 10.1. The standard InChI is InChI=1S/C14H20N4S/c1-10(2)14-16-12(9-19-14)6-17-7-13(8-17)18-5-11(3)4-15-18/h4-5,9-10,13H,6-8H2,1-3H3. The zero-order valence-corrected chi connectivity index (χ0v) is 12.5. The molecule has 0 spiro atoms. The van der Waals surface area contributed by atoms with Crippen LogP contribution < -0.4 is 0 Å². The predicted octanol–water partition coefficient (Wildman–Crippen LogP) is 2.83. The molecule has 0 atom stereocenters. The average Bonchev–Trinajstić information content (AvgIpc) is 2.91. The van der Waals surface area contributed by atoms with E-state index < -0.39 is 0 Å². The van der Waals surface area contributed by atoms with Crippen LogP contribution in [0.1, 0.15) is 42.1 Å². The first-order valence-electron chi connectivity index (χ1n) is 6.79. The van der Waals surface area contributed by atoms with Crippen molar-refractivity contribution in [3.8, 4) is 0 Å². The Bertz CT molecular complexity index is 551. The summed E-state index contributed by atoms with van der Waals surface area (Å²) in [7, 11) is 0. The Labute approximate surface area is 118 Å². The maximum atomic E-state index is 4.69. The van der Waals surface area contributed by atoms with Gasteiger partial charge in [-0.25, -0.2) is 4.98 Å². The molecule has 0 bridgehead atoms. The van der Waals surface area contributed by atoms with Crippen LogP contribution >= 0.6 is 11.3 Å². The van der Waals surface area contributed by atoms with E-state index in [2.05, 4.69) is 52.0 Å². The van der Waals surface area contributed by atoms with E-state index in [0.29, 0.717) is 12.0 Å². The van der Waals surface area contributed by atoms with E-state index in [4.69, 9.17) is 0 Å². The number of hydrogen-bond donors (Lipinski definition) is 0. The van der Waals surface area contributed by atoms with Gasteiger partial charge in [0.25, 0.3) is 0 Å². The number of rotatable bonds is 4. The molecule has 0 radical (unpaired) electrons. The fraction of sp³-hybridized carbons (Fsp3) is 0.571. The second-order valence-electron chi connectivity index (χ2n) is 5.68. The first kappa shape index (κ1) is 12.8. The molecule has 0 amide bonds. The molecule has 1 saturated heterocycles. The van der Waals surface area contributed by atoms with Gasteiger partial charge in [0.2, 0.25) is 0 Å². The normalized spacial score (nSPS) is 17.1. The molecule has 3 rings (SSSR count). The summed E-state index contributed by atoms with van der Waals surface area (Å²) in [6, 6.07) is 0.539. The van der Waals surface area contributed by atoms with Gasteiger partial charge < -0.3 is 0 Å². The van der Waals surface area contributed by atoms with E-state index in [1.54, 1.807) is 11.3 Å². The highest BCUT2D eigenvalue weighted by Gasteiger charge is 2.29. The van der Waals surface area contributed by atoms with Crippen LogP contribution in [0.3, 0.4) is 0 Å². The molecule has 2 aromatic rings. The first-order chi connectivity index (χ1) is 9.11. The summed E-state index contributed by atoms with van der Waals surface area (Å²) in [4.78, 5) is 7.12. The molecule has 19 heavy (non-hydrogen) atoms. The van der Waals surface area contributed by atoms with Crippen molar-refractivity contribution < 1.29 is 0 Å². The molecule has 102 valence electrons. The maximum absolute atomic E-state index is 4.69. The van der Waals surface area contributed by atoms with Gasteiger partial charge >= 0.3 is 0 Å². The van der Waals surface area contributed by atoms with Gasteiger partial charge in [-0.1, -0.05) is 13.8 Å². The third-order valence-corrected chi connectivity index (χ3v) is 4.69. The van der Waals surface area contributed by atoms with Gasteiger partial charge in [-0.15, -0.1) is 11.3 Å². The lowest BCUT2D eigenvalue weighted by molar-refractivity contribution is 0.0897. The van der Waals surface area contributed by atoms with Crippen molar-refractivity contribution >= 4 is 11.3 Å². The molecule has 3 heterocycles. The molecule has 1 aliphatic rings. The molecule has 2 aromatic heterocycles. The molecule has 0 aliphatic carbocycles. The summed E-state index contributed by atoms with van der Waals surface area (Å²) in [5, 5.41) is 7.82. The van der Waals surface area contributed by atoms with Gasteiger partial charge in [-0.2, -0.15) is 5.10 Å². The molecule has 0 N–H and O–H groups in total. The zero-order valence-electron chi connectivity index (χ0n) is 11.7. The van der Waals surface area contributed by atoms with Crippen molar-refractivity contribution in [1.82, 2.24) is 19.7 Å². The fourth-order valence-corrected chi connectivity index (χ4v) is 3.19. The van der Waals surface area contributed by atoms with E-state index in [-0.39, 0.29) is 0 Å². The predicted molar refractivity (Wildman–Crippen MR) is 77.5 cm³/mol. The van der Waals surface area contributed by atoms with Crippen molar-refractivity contribution in [1.29, 1.82) is 0 Å². The number of likely N-dealkylation sites (tertiary alicyclic amines) is 1. The van der Waals surface area contributed by atoms with Gasteiger partial charge in [-0.05, 0) is 12.5 Å². The SMILES string of the molecule is Cc1cnn(C2CN(Cc3csc(C(C)C)n3)C2)c1. The molecule has 1 fully saturated rings. The molecule has 0 saturated carbocycles. The highest BCUT2D eigenvalue weighted by atomic mass is 32.1. The highest BCUT2D eigenvalue weighted by Crippen LogP contribution is 2.25. The summed E-state index contributed by atoms with van der Waals surface area (Å²) < 4.78 is 2.09. The molecule has 5 heteroatoms. The van der Waals surface area contributed by atoms with Crippen molar-refractivity contribution in [2.45, 2.75) is 39.3 Å². The topological polar surface area (TPSA) is 34.0 Å². The molecular weight excluding hydrogens is 256 g/mol. The van der Waals surface area contributed by atoms with E-state index in [0.717, 1.165) is 19.6 Å². The molecular formula is C14H20N4S.